The van der Waals surface area contributed by atoms with Crippen LogP contribution in [0.15, 0.2) is 30.3 Å². The van der Waals surface area contributed by atoms with E-state index in [2.05, 4.69) is 0 Å². The molecule has 1 saturated heterocycles. The van der Waals surface area contributed by atoms with Gasteiger partial charge >= 0.3 is 12.1 Å². The van der Waals surface area contributed by atoms with Gasteiger partial charge in [-0.25, -0.2) is 4.79 Å². The number of benzene rings is 1. The van der Waals surface area contributed by atoms with E-state index in [9.17, 15) is 9.59 Å². The SMILES string of the molecule is O=C(O)CC1C2CCCC1CN(C(=O)OCc1ccccc1)C2. The molecule has 23 heavy (non-hydrogen) atoms. The molecule has 1 aliphatic carbocycles. The van der Waals surface area contributed by atoms with Crippen molar-refractivity contribution in [3.05, 3.63) is 35.9 Å². The molecule has 5 nitrogen and oxygen atoms in total. The van der Waals surface area contributed by atoms with Crippen LogP contribution in [-0.4, -0.2) is 35.2 Å². The molecule has 0 aromatic heterocycles. The molecule has 1 saturated carbocycles. The van der Waals surface area contributed by atoms with Crippen molar-refractivity contribution in [3.63, 3.8) is 0 Å². The smallest absolute Gasteiger partial charge is 0.410 e. The Kier molecular flexibility index (Phi) is 4.84. The van der Waals surface area contributed by atoms with E-state index < -0.39 is 5.97 Å². The summed E-state index contributed by atoms with van der Waals surface area (Å²) in [6, 6.07) is 9.64. The highest BCUT2D eigenvalue weighted by Gasteiger charge is 2.42. The number of rotatable bonds is 4. The number of carboxylic acids is 1. The quantitative estimate of drug-likeness (QED) is 0.926. The molecule has 5 heteroatoms. The van der Waals surface area contributed by atoms with Gasteiger partial charge in [0.05, 0.1) is 0 Å². The first-order valence-corrected chi connectivity index (χ1v) is 8.31. The Morgan fingerprint density at radius 1 is 1.13 bits per heavy atom. The molecular weight excluding hydrogens is 294 g/mol. The Balaban J connectivity index is 1.57. The molecule has 2 atom stereocenters. The number of aliphatic carboxylic acids is 1. The molecule has 2 fully saturated rings. The number of piperidine rings is 1. The van der Waals surface area contributed by atoms with Crippen molar-refractivity contribution in [2.45, 2.75) is 32.3 Å². The normalized spacial score (nSPS) is 26.6. The van der Waals surface area contributed by atoms with E-state index in [-0.39, 0.29) is 25.0 Å². The van der Waals surface area contributed by atoms with Crippen LogP contribution in [0.2, 0.25) is 0 Å². The minimum Gasteiger partial charge on any atom is -0.481 e. The van der Waals surface area contributed by atoms with E-state index in [1.165, 1.54) is 0 Å². The monoisotopic (exact) mass is 317 g/mol. The largest absolute Gasteiger partial charge is 0.481 e. The van der Waals surface area contributed by atoms with Gasteiger partial charge in [0, 0.05) is 19.5 Å². The fourth-order valence-electron chi connectivity index (χ4n) is 4.04. The van der Waals surface area contributed by atoms with Gasteiger partial charge in [0.15, 0.2) is 0 Å². The third-order valence-corrected chi connectivity index (χ3v) is 5.14. The van der Waals surface area contributed by atoms with Crippen LogP contribution in [0, 0.1) is 17.8 Å². The minimum atomic E-state index is -0.730. The van der Waals surface area contributed by atoms with Crippen molar-refractivity contribution in [2.24, 2.45) is 17.8 Å². The maximum absolute atomic E-state index is 12.3. The molecule has 1 amide bonds. The fraction of sp³-hybridized carbons (Fsp3) is 0.556. The van der Waals surface area contributed by atoms with Crippen molar-refractivity contribution >= 4 is 12.1 Å². The molecule has 1 aliphatic heterocycles. The van der Waals surface area contributed by atoms with Crippen LogP contribution in [0.1, 0.15) is 31.2 Å². The first kappa shape index (κ1) is 15.8. The number of hydrogen-bond acceptors (Lipinski definition) is 3. The maximum Gasteiger partial charge on any atom is 0.410 e. The Labute approximate surface area is 136 Å². The average molecular weight is 317 g/mol. The van der Waals surface area contributed by atoms with Crippen LogP contribution < -0.4 is 0 Å². The molecule has 1 aromatic rings. The number of fused-ring (bicyclic) bond motifs is 2. The Morgan fingerprint density at radius 3 is 2.39 bits per heavy atom. The van der Waals surface area contributed by atoms with Gasteiger partial charge in [-0.2, -0.15) is 0 Å². The van der Waals surface area contributed by atoms with Gasteiger partial charge in [-0.1, -0.05) is 36.8 Å². The van der Waals surface area contributed by atoms with E-state index in [4.69, 9.17) is 9.84 Å². The van der Waals surface area contributed by atoms with Crippen LogP contribution in [0.4, 0.5) is 4.79 Å². The van der Waals surface area contributed by atoms with Crippen LogP contribution >= 0.6 is 0 Å². The highest BCUT2D eigenvalue weighted by Crippen LogP contribution is 2.41. The molecule has 1 aromatic carbocycles. The summed E-state index contributed by atoms with van der Waals surface area (Å²) in [7, 11) is 0. The number of carbonyl (C=O) groups excluding carboxylic acids is 1. The zero-order valence-corrected chi connectivity index (χ0v) is 13.2. The van der Waals surface area contributed by atoms with Crippen LogP contribution in [-0.2, 0) is 16.1 Å². The second-order valence-electron chi connectivity index (χ2n) is 6.66. The molecule has 2 bridgehead atoms. The first-order valence-electron chi connectivity index (χ1n) is 8.31. The number of carbonyl (C=O) groups is 2. The molecule has 0 radical (unpaired) electrons. The van der Waals surface area contributed by atoms with E-state index >= 15 is 0 Å². The van der Waals surface area contributed by atoms with Gasteiger partial charge in [-0.3, -0.25) is 4.79 Å². The molecule has 3 rings (SSSR count). The van der Waals surface area contributed by atoms with E-state index in [1.807, 2.05) is 30.3 Å². The van der Waals surface area contributed by atoms with Gasteiger partial charge in [-0.15, -0.1) is 0 Å². The average Bonchev–Trinajstić information content (AvgIpc) is 2.53. The van der Waals surface area contributed by atoms with Gasteiger partial charge in [0.2, 0.25) is 0 Å². The number of likely N-dealkylation sites (tertiary alicyclic amines) is 1. The number of hydrogen-bond donors (Lipinski definition) is 1. The predicted molar refractivity (Wildman–Crippen MR) is 84.8 cm³/mol. The highest BCUT2D eigenvalue weighted by atomic mass is 16.6. The number of carboxylic acid groups (broad SMARTS) is 1. The molecule has 2 aliphatic rings. The summed E-state index contributed by atoms with van der Waals surface area (Å²) in [6.45, 7) is 1.54. The molecule has 1 N–H and O–H groups in total. The Hall–Kier alpha value is -2.04. The lowest BCUT2D eigenvalue weighted by Crippen LogP contribution is -2.51. The van der Waals surface area contributed by atoms with Crippen molar-refractivity contribution < 1.29 is 19.4 Å². The molecular formula is C18H23NO4. The van der Waals surface area contributed by atoms with E-state index in [1.54, 1.807) is 4.90 Å². The topological polar surface area (TPSA) is 66.8 Å². The fourth-order valence-corrected chi connectivity index (χ4v) is 4.04. The number of ether oxygens (including phenoxy) is 1. The summed E-state index contributed by atoms with van der Waals surface area (Å²) in [4.78, 5) is 25.2. The van der Waals surface area contributed by atoms with Gasteiger partial charge in [0.25, 0.3) is 0 Å². The third kappa shape index (κ3) is 3.84. The second-order valence-corrected chi connectivity index (χ2v) is 6.66. The van der Waals surface area contributed by atoms with Gasteiger partial charge in [0.1, 0.15) is 6.61 Å². The highest BCUT2D eigenvalue weighted by molar-refractivity contribution is 5.69. The van der Waals surface area contributed by atoms with Gasteiger partial charge in [-0.05, 0) is 36.2 Å². The lowest BCUT2D eigenvalue weighted by Gasteiger charge is -2.46. The summed E-state index contributed by atoms with van der Waals surface area (Å²) in [6.07, 6.45) is 3.11. The zero-order chi connectivity index (χ0) is 16.2. The standard InChI is InChI=1S/C18H23NO4/c20-17(21)9-16-14-7-4-8-15(16)11-19(10-14)18(22)23-12-13-5-2-1-3-6-13/h1-3,5-6,14-16H,4,7-12H2,(H,20,21). The van der Waals surface area contributed by atoms with Crippen LogP contribution in [0.25, 0.3) is 0 Å². The van der Waals surface area contributed by atoms with Crippen molar-refractivity contribution in [2.75, 3.05) is 13.1 Å². The maximum atomic E-state index is 12.3. The number of nitrogens with zero attached hydrogens (tertiary/aromatic N) is 1. The molecule has 1 heterocycles. The third-order valence-electron chi connectivity index (χ3n) is 5.14. The molecule has 124 valence electrons. The van der Waals surface area contributed by atoms with E-state index in [0.717, 1.165) is 24.8 Å². The van der Waals surface area contributed by atoms with Crippen molar-refractivity contribution in [1.82, 2.24) is 4.90 Å². The second kappa shape index (κ2) is 7.02. The summed E-state index contributed by atoms with van der Waals surface area (Å²) in [5.41, 5.74) is 0.974. The zero-order valence-electron chi connectivity index (χ0n) is 13.2. The van der Waals surface area contributed by atoms with Crippen molar-refractivity contribution in [3.8, 4) is 0 Å². The van der Waals surface area contributed by atoms with E-state index in [0.29, 0.717) is 24.9 Å². The summed E-state index contributed by atoms with van der Waals surface area (Å²) >= 11 is 0. The first-order chi connectivity index (χ1) is 11.1. The molecule has 2 unspecified atom stereocenters. The van der Waals surface area contributed by atoms with Gasteiger partial charge < -0.3 is 14.7 Å². The lowest BCUT2D eigenvalue weighted by atomic mass is 9.68. The molecule has 0 spiro atoms. The van der Waals surface area contributed by atoms with Crippen LogP contribution in [0.3, 0.4) is 0 Å². The number of amides is 1. The summed E-state index contributed by atoms with van der Waals surface area (Å²) < 4.78 is 5.42. The predicted octanol–water partition coefficient (Wildman–Crippen LogP) is 3.15. The Morgan fingerprint density at radius 2 is 1.78 bits per heavy atom. The van der Waals surface area contributed by atoms with Crippen LogP contribution in [0.5, 0.6) is 0 Å². The minimum absolute atomic E-state index is 0.208. The lowest BCUT2D eigenvalue weighted by molar-refractivity contribution is -0.140. The summed E-state index contributed by atoms with van der Waals surface area (Å²) in [5, 5.41) is 9.10. The van der Waals surface area contributed by atoms with Crippen molar-refractivity contribution in [1.29, 1.82) is 0 Å². The Bertz CT molecular complexity index is 545. The summed E-state index contributed by atoms with van der Waals surface area (Å²) in [5.74, 6) is 0.0668.